The van der Waals surface area contributed by atoms with Gasteiger partial charge in [-0.3, -0.25) is 4.79 Å². The first-order valence-electron chi connectivity index (χ1n) is 8.73. The molecule has 1 amide bonds. The Morgan fingerprint density at radius 2 is 1.81 bits per heavy atom. The van der Waals surface area contributed by atoms with Crippen LogP contribution in [0.4, 0.5) is 0 Å². The number of nitrogens with zero attached hydrogens (tertiary/aromatic N) is 2. The number of rotatable bonds is 5. The molecule has 1 aromatic carbocycles. The minimum Gasteiger partial charge on any atom is -0.478 e. The van der Waals surface area contributed by atoms with Crippen LogP contribution in [0.25, 0.3) is 0 Å². The van der Waals surface area contributed by atoms with E-state index in [0.29, 0.717) is 18.1 Å². The second-order valence-corrected chi connectivity index (χ2v) is 7.02. The topological polar surface area (TPSA) is 98.2 Å². The third-order valence-electron chi connectivity index (χ3n) is 4.24. The average molecular weight is 376 g/mol. The molecule has 2 N–H and O–H groups in total. The Bertz CT molecular complexity index is 696. The van der Waals surface area contributed by atoms with Gasteiger partial charge in [-0.15, -0.1) is 0 Å². The highest BCUT2D eigenvalue weighted by atomic mass is 16.4. The first kappa shape index (κ1) is 22.4. The van der Waals surface area contributed by atoms with Crippen LogP contribution < -0.4 is 0 Å². The summed E-state index contributed by atoms with van der Waals surface area (Å²) < 4.78 is 0. The lowest BCUT2D eigenvalue weighted by Crippen LogP contribution is -2.31. The van der Waals surface area contributed by atoms with E-state index in [4.69, 9.17) is 10.2 Å². The van der Waals surface area contributed by atoms with Crippen LogP contribution >= 0.6 is 0 Å². The van der Waals surface area contributed by atoms with Crippen molar-refractivity contribution in [3.05, 3.63) is 47.0 Å². The number of carboxylic acid groups (broad SMARTS) is 2. The Morgan fingerprint density at radius 3 is 2.33 bits per heavy atom. The van der Waals surface area contributed by atoms with E-state index in [1.807, 2.05) is 24.9 Å². The van der Waals surface area contributed by atoms with Crippen LogP contribution in [0.5, 0.6) is 0 Å². The summed E-state index contributed by atoms with van der Waals surface area (Å²) in [5.74, 6) is -1.79. The summed E-state index contributed by atoms with van der Waals surface area (Å²) in [5.41, 5.74) is 3.27. The normalized spacial score (nSPS) is 16.6. The molecule has 7 nitrogen and oxygen atoms in total. The molecule has 0 fully saturated rings. The third-order valence-corrected chi connectivity index (χ3v) is 4.24. The second kappa shape index (κ2) is 10.5. The van der Waals surface area contributed by atoms with Crippen molar-refractivity contribution in [3.8, 4) is 0 Å². The van der Waals surface area contributed by atoms with Crippen molar-refractivity contribution in [1.29, 1.82) is 0 Å². The maximum atomic E-state index is 12.4. The van der Waals surface area contributed by atoms with Crippen LogP contribution in [-0.4, -0.2) is 72.1 Å². The molecule has 2 rings (SSSR count). The lowest BCUT2D eigenvalue weighted by atomic mass is 9.94. The number of hydrogen-bond donors (Lipinski definition) is 2. The van der Waals surface area contributed by atoms with Gasteiger partial charge in [-0.1, -0.05) is 17.7 Å². The first-order chi connectivity index (χ1) is 12.6. The summed E-state index contributed by atoms with van der Waals surface area (Å²) in [4.78, 5) is 35.6. The van der Waals surface area contributed by atoms with Crippen LogP contribution in [0.1, 0.15) is 27.9 Å². The molecule has 1 heterocycles. The van der Waals surface area contributed by atoms with Crippen LogP contribution in [0.15, 0.2) is 30.4 Å². The van der Waals surface area contributed by atoms with Gasteiger partial charge in [0.1, 0.15) is 0 Å². The van der Waals surface area contributed by atoms with E-state index >= 15 is 0 Å². The molecular weight excluding hydrogens is 348 g/mol. The van der Waals surface area contributed by atoms with Gasteiger partial charge in [-0.05, 0) is 58.0 Å². The molecule has 1 aliphatic heterocycles. The van der Waals surface area contributed by atoms with Crippen LogP contribution in [0.3, 0.4) is 0 Å². The van der Waals surface area contributed by atoms with Crippen molar-refractivity contribution < 1.29 is 24.6 Å². The number of amides is 1. The van der Waals surface area contributed by atoms with Gasteiger partial charge in [-0.2, -0.15) is 0 Å². The molecule has 0 saturated carbocycles. The number of hydrogen-bond acceptors (Lipinski definition) is 4. The van der Waals surface area contributed by atoms with Gasteiger partial charge < -0.3 is 20.0 Å². The monoisotopic (exact) mass is 376 g/mol. The highest BCUT2D eigenvalue weighted by Gasteiger charge is 2.25. The third kappa shape index (κ3) is 8.04. The Kier molecular flexibility index (Phi) is 8.68. The van der Waals surface area contributed by atoms with Crippen molar-refractivity contribution in [2.24, 2.45) is 5.92 Å². The fourth-order valence-corrected chi connectivity index (χ4v) is 2.90. The molecular formula is C20H28N2O5. The lowest BCUT2D eigenvalue weighted by Gasteiger charge is -2.21. The number of aliphatic carboxylic acids is 2. The number of carboxylic acids is 2. The highest BCUT2D eigenvalue weighted by molar-refractivity contribution is 5.96. The van der Waals surface area contributed by atoms with Gasteiger partial charge in [0, 0.05) is 31.3 Å². The van der Waals surface area contributed by atoms with Crippen molar-refractivity contribution in [2.45, 2.75) is 19.8 Å². The number of aryl methyl sites for hydroxylation is 1. The number of carbonyl (C=O) groups is 3. The van der Waals surface area contributed by atoms with Gasteiger partial charge >= 0.3 is 11.9 Å². The van der Waals surface area contributed by atoms with E-state index in [1.54, 1.807) is 0 Å². The predicted octanol–water partition coefficient (Wildman–Crippen LogP) is 1.90. The average Bonchev–Trinajstić information content (AvgIpc) is 2.69. The molecule has 0 saturated heterocycles. The van der Waals surface area contributed by atoms with Crippen molar-refractivity contribution in [1.82, 2.24) is 9.80 Å². The van der Waals surface area contributed by atoms with E-state index in [1.165, 1.54) is 5.56 Å². The van der Waals surface area contributed by atoms with Gasteiger partial charge in [0.05, 0.1) is 0 Å². The molecule has 0 aliphatic carbocycles. The van der Waals surface area contributed by atoms with Gasteiger partial charge in [-0.25, -0.2) is 9.59 Å². The molecule has 1 aromatic rings. The first-order valence-corrected chi connectivity index (χ1v) is 8.73. The summed E-state index contributed by atoms with van der Waals surface area (Å²) in [5, 5.41) is 15.6. The number of benzene rings is 1. The SMILES string of the molecule is Cc1ccc2c(c1)C(=O)N(C)CC(CCN(C)C)C2.O=C(O)/C=C/C(=O)O. The lowest BCUT2D eigenvalue weighted by molar-refractivity contribution is -0.134. The maximum absolute atomic E-state index is 12.4. The predicted molar refractivity (Wildman–Crippen MR) is 103 cm³/mol. The van der Waals surface area contributed by atoms with Crippen molar-refractivity contribution >= 4 is 17.8 Å². The number of fused-ring (bicyclic) bond motifs is 1. The van der Waals surface area contributed by atoms with Crippen LogP contribution in [0.2, 0.25) is 0 Å². The molecule has 1 aliphatic rings. The summed E-state index contributed by atoms with van der Waals surface area (Å²) >= 11 is 0. The minimum atomic E-state index is -1.26. The molecule has 0 aromatic heterocycles. The van der Waals surface area contributed by atoms with Crippen molar-refractivity contribution in [2.75, 3.05) is 34.2 Å². The Balaban J connectivity index is 0.000000387. The standard InChI is InChI=1S/C16H24N2O.C4H4O4/c1-12-5-6-14-10-13(7-8-17(2)3)11-18(4)16(19)15(14)9-12;5-3(6)1-2-4(7)8/h5-6,9,13H,7-8,10-11H2,1-4H3;1-2H,(H,5,6)(H,7,8)/b;2-1+. The second-order valence-electron chi connectivity index (χ2n) is 7.02. The zero-order valence-electron chi connectivity index (χ0n) is 16.3. The Morgan fingerprint density at radius 1 is 1.22 bits per heavy atom. The van der Waals surface area contributed by atoms with Crippen LogP contribution in [-0.2, 0) is 16.0 Å². The summed E-state index contributed by atoms with van der Waals surface area (Å²) in [6.45, 7) is 3.98. The molecule has 1 atom stereocenters. The Hall–Kier alpha value is -2.67. The van der Waals surface area contributed by atoms with Gasteiger partial charge in [0.15, 0.2) is 0 Å². The molecule has 1 unspecified atom stereocenters. The quantitative estimate of drug-likeness (QED) is 0.762. The minimum absolute atomic E-state index is 0.172. The zero-order chi connectivity index (χ0) is 20.6. The van der Waals surface area contributed by atoms with Gasteiger partial charge in [0.25, 0.3) is 5.91 Å². The summed E-state index contributed by atoms with van der Waals surface area (Å²) in [6, 6.07) is 6.27. The van der Waals surface area contributed by atoms with Crippen LogP contribution in [0, 0.1) is 12.8 Å². The van der Waals surface area contributed by atoms with Gasteiger partial charge in [0.2, 0.25) is 0 Å². The van der Waals surface area contributed by atoms with Crippen molar-refractivity contribution in [3.63, 3.8) is 0 Å². The van der Waals surface area contributed by atoms with E-state index in [0.717, 1.165) is 37.1 Å². The van der Waals surface area contributed by atoms with E-state index < -0.39 is 11.9 Å². The maximum Gasteiger partial charge on any atom is 0.328 e. The summed E-state index contributed by atoms with van der Waals surface area (Å²) in [7, 11) is 6.12. The van der Waals surface area contributed by atoms with E-state index in [9.17, 15) is 14.4 Å². The smallest absolute Gasteiger partial charge is 0.328 e. The zero-order valence-corrected chi connectivity index (χ0v) is 16.3. The molecule has 27 heavy (non-hydrogen) atoms. The summed E-state index contributed by atoms with van der Waals surface area (Å²) in [6.07, 6.45) is 3.27. The molecule has 0 bridgehead atoms. The molecule has 148 valence electrons. The number of carbonyl (C=O) groups excluding carboxylic acids is 1. The fourth-order valence-electron chi connectivity index (χ4n) is 2.90. The Labute approximate surface area is 159 Å². The molecule has 0 spiro atoms. The fraction of sp³-hybridized carbons (Fsp3) is 0.450. The van der Waals surface area contributed by atoms with E-state index in [-0.39, 0.29) is 5.91 Å². The van der Waals surface area contributed by atoms with E-state index in [2.05, 4.69) is 31.1 Å². The largest absolute Gasteiger partial charge is 0.478 e. The molecule has 0 radical (unpaired) electrons. The molecule has 7 heteroatoms. The highest BCUT2D eigenvalue weighted by Crippen LogP contribution is 2.24.